The molecule has 3 heterocycles. The topological polar surface area (TPSA) is 75.0 Å². The van der Waals surface area contributed by atoms with Gasteiger partial charge in [-0.2, -0.15) is 5.10 Å². The highest BCUT2D eigenvalue weighted by Gasteiger charge is 2.45. The van der Waals surface area contributed by atoms with Crippen molar-refractivity contribution in [2.24, 2.45) is 0 Å². The van der Waals surface area contributed by atoms with Gasteiger partial charge in [0.15, 0.2) is 0 Å². The zero-order chi connectivity index (χ0) is 16.0. The summed E-state index contributed by atoms with van der Waals surface area (Å²) in [6, 6.07) is 0. The summed E-state index contributed by atoms with van der Waals surface area (Å²) in [5.74, 6) is 0.688. The molecule has 2 aromatic heterocycles. The lowest BCUT2D eigenvalue weighted by Gasteiger charge is -2.40. The number of amides is 1. The van der Waals surface area contributed by atoms with Crippen LogP contribution in [0.5, 0.6) is 0 Å². The molecule has 6 nitrogen and oxygen atoms in total. The third-order valence-electron chi connectivity index (χ3n) is 5.47. The first-order valence-corrected chi connectivity index (χ1v) is 8.42. The summed E-state index contributed by atoms with van der Waals surface area (Å²) >= 11 is 0. The van der Waals surface area contributed by atoms with Crippen molar-refractivity contribution in [2.75, 3.05) is 13.1 Å². The normalized spacial score (nSPS) is 23.5. The van der Waals surface area contributed by atoms with Gasteiger partial charge in [-0.1, -0.05) is 12.1 Å². The van der Waals surface area contributed by atoms with E-state index in [1.807, 2.05) is 24.9 Å². The zero-order valence-corrected chi connectivity index (χ0v) is 13.7. The molecular formula is C17H22N4O2. The fraction of sp³-hybridized carbons (Fsp3) is 0.588. The lowest BCUT2D eigenvalue weighted by Crippen LogP contribution is -2.48. The number of piperidine rings is 1. The molecule has 1 N–H and O–H groups in total. The van der Waals surface area contributed by atoms with E-state index in [-0.39, 0.29) is 11.3 Å². The summed E-state index contributed by atoms with van der Waals surface area (Å²) in [6.45, 7) is 5.38. The quantitative estimate of drug-likeness (QED) is 0.923. The Morgan fingerprint density at radius 3 is 3.17 bits per heavy atom. The van der Waals surface area contributed by atoms with Gasteiger partial charge in [-0.3, -0.25) is 9.89 Å². The van der Waals surface area contributed by atoms with Gasteiger partial charge >= 0.3 is 0 Å². The first-order chi connectivity index (χ1) is 11.1. The van der Waals surface area contributed by atoms with Crippen molar-refractivity contribution in [2.45, 2.75) is 51.4 Å². The van der Waals surface area contributed by atoms with Gasteiger partial charge in [0.1, 0.15) is 11.3 Å². The molecule has 0 aromatic carbocycles. The number of fused-ring (bicyclic) bond motifs is 2. The van der Waals surface area contributed by atoms with Gasteiger partial charge in [-0.05, 0) is 44.6 Å². The summed E-state index contributed by atoms with van der Waals surface area (Å²) in [7, 11) is 0. The maximum Gasteiger partial charge on any atom is 0.259 e. The fourth-order valence-corrected chi connectivity index (χ4v) is 4.26. The molecule has 1 atom stereocenters. The molecule has 1 fully saturated rings. The van der Waals surface area contributed by atoms with Gasteiger partial charge in [-0.25, -0.2) is 0 Å². The van der Waals surface area contributed by atoms with Crippen molar-refractivity contribution < 1.29 is 9.32 Å². The van der Waals surface area contributed by atoms with E-state index in [0.717, 1.165) is 44.5 Å². The second-order valence-electron chi connectivity index (χ2n) is 6.79. The number of hydrogen-bond acceptors (Lipinski definition) is 4. The minimum Gasteiger partial charge on any atom is -0.361 e. The number of rotatable bonds is 2. The van der Waals surface area contributed by atoms with E-state index in [1.165, 1.54) is 11.3 Å². The third kappa shape index (κ3) is 2.11. The van der Waals surface area contributed by atoms with Crippen LogP contribution in [-0.4, -0.2) is 39.3 Å². The van der Waals surface area contributed by atoms with Crippen LogP contribution in [0, 0.1) is 6.92 Å². The van der Waals surface area contributed by atoms with E-state index in [2.05, 4.69) is 15.4 Å². The molecule has 1 saturated heterocycles. The Bertz CT molecular complexity index is 748. The number of nitrogens with zero attached hydrogens (tertiary/aromatic N) is 3. The predicted molar refractivity (Wildman–Crippen MR) is 84.3 cm³/mol. The molecule has 0 radical (unpaired) electrons. The minimum absolute atomic E-state index is 0.0528. The van der Waals surface area contributed by atoms with E-state index in [9.17, 15) is 4.79 Å². The summed E-state index contributed by atoms with van der Waals surface area (Å²) < 4.78 is 5.25. The van der Waals surface area contributed by atoms with Crippen LogP contribution < -0.4 is 0 Å². The maximum atomic E-state index is 13.1. The molecule has 2 aliphatic rings. The van der Waals surface area contributed by atoms with E-state index in [1.54, 1.807) is 0 Å². The van der Waals surface area contributed by atoms with Gasteiger partial charge in [0.05, 0.1) is 11.9 Å². The summed E-state index contributed by atoms with van der Waals surface area (Å²) in [6.07, 6.45) is 6.95. The van der Waals surface area contributed by atoms with E-state index in [0.29, 0.717) is 17.7 Å². The summed E-state index contributed by atoms with van der Waals surface area (Å²) in [5, 5.41) is 11.4. The first-order valence-electron chi connectivity index (χ1n) is 8.42. The van der Waals surface area contributed by atoms with Crippen LogP contribution in [-0.2, 0) is 18.3 Å². The maximum absolute atomic E-state index is 13.1. The lowest BCUT2D eigenvalue weighted by atomic mass is 9.77. The SMILES string of the molecule is CCc1noc(C)c1C(=O)N1CCCC2(CCc3cn[nH]c32)C1. The molecule has 1 unspecified atom stereocenters. The van der Waals surface area contributed by atoms with E-state index >= 15 is 0 Å². The van der Waals surface area contributed by atoms with Crippen LogP contribution in [0.15, 0.2) is 10.7 Å². The number of hydrogen-bond donors (Lipinski definition) is 1. The van der Waals surface area contributed by atoms with Crippen LogP contribution in [0.25, 0.3) is 0 Å². The average Bonchev–Trinajstić information content (AvgIpc) is 3.25. The number of H-pyrrole nitrogens is 1. The highest BCUT2D eigenvalue weighted by molar-refractivity contribution is 5.96. The minimum atomic E-state index is 0.0528. The average molecular weight is 314 g/mol. The molecule has 1 spiro atoms. The van der Waals surface area contributed by atoms with Crippen molar-refractivity contribution in [1.82, 2.24) is 20.3 Å². The van der Waals surface area contributed by atoms with Gasteiger partial charge < -0.3 is 9.42 Å². The Hall–Kier alpha value is -2.11. The van der Waals surface area contributed by atoms with Crippen LogP contribution in [0.4, 0.5) is 0 Å². The number of carbonyl (C=O) groups excluding carboxylic acids is 1. The van der Waals surface area contributed by atoms with Gasteiger partial charge in [-0.15, -0.1) is 0 Å². The highest BCUT2D eigenvalue weighted by atomic mass is 16.5. The number of nitrogens with one attached hydrogen (secondary N) is 1. The molecular weight excluding hydrogens is 292 g/mol. The molecule has 0 saturated carbocycles. The second kappa shape index (κ2) is 5.22. The molecule has 122 valence electrons. The Balaban J connectivity index is 1.63. The van der Waals surface area contributed by atoms with Crippen molar-refractivity contribution in [3.8, 4) is 0 Å². The van der Waals surface area contributed by atoms with Gasteiger partial charge in [0.2, 0.25) is 0 Å². The van der Waals surface area contributed by atoms with Gasteiger partial charge in [0, 0.05) is 24.2 Å². The smallest absolute Gasteiger partial charge is 0.259 e. The summed E-state index contributed by atoms with van der Waals surface area (Å²) in [5.41, 5.74) is 4.03. The Morgan fingerprint density at radius 2 is 2.35 bits per heavy atom. The summed E-state index contributed by atoms with van der Waals surface area (Å²) in [4.78, 5) is 15.0. The van der Waals surface area contributed by atoms with E-state index < -0.39 is 0 Å². The van der Waals surface area contributed by atoms with Crippen LogP contribution in [0.3, 0.4) is 0 Å². The molecule has 2 aromatic rings. The molecule has 6 heteroatoms. The Labute approximate surface area is 135 Å². The fourth-order valence-electron chi connectivity index (χ4n) is 4.26. The van der Waals surface area contributed by atoms with Crippen LogP contribution in [0.2, 0.25) is 0 Å². The molecule has 4 rings (SSSR count). The van der Waals surface area contributed by atoms with Crippen molar-refractivity contribution in [3.05, 3.63) is 34.5 Å². The lowest BCUT2D eigenvalue weighted by molar-refractivity contribution is 0.0630. The van der Waals surface area contributed by atoms with E-state index in [4.69, 9.17) is 4.52 Å². The first kappa shape index (κ1) is 14.5. The predicted octanol–water partition coefficient (Wildman–Crippen LogP) is 2.39. The van der Waals surface area contributed by atoms with Crippen molar-refractivity contribution >= 4 is 5.91 Å². The number of aryl methyl sites for hydroxylation is 3. The van der Waals surface area contributed by atoms with Gasteiger partial charge in [0.25, 0.3) is 5.91 Å². The largest absolute Gasteiger partial charge is 0.361 e. The second-order valence-corrected chi connectivity index (χ2v) is 6.79. The zero-order valence-electron chi connectivity index (χ0n) is 13.7. The number of aromatic amines is 1. The Kier molecular flexibility index (Phi) is 3.28. The number of likely N-dealkylation sites (tertiary alicyclic amines) is 1. The van der Waals surface area contributed by atoms with Crippen molar-refractivity contribution in [3.63, 3.8) is 0 Å². The van der Waals surface area contributed by atoms with Crippen LogP contribution in [0.1, 0.15) is 59.3 Å². The molecule has 1 aliphatic heterocycles. The highest BCUT2D eigenvalue weighted by Crippen LogP contribution is 2.44. The number of aromatic nitrogens is 3. The molecule has 23 heavy (non-hydrogen) atoms. The molecule has 1 aliphatic carbocycles. The number of carbonyl (C=O) groups is 1. The Morgan fingerprint density at radius 1 is 1.48 bits per heavy atom. The molecule has 1 amide bonds. The molecule has 0 bridgehead atoms. The van der Waals surface area contributed by atoms with Crippen LogP contribution >= 0.6 is 0 Å². The standard InChI is InChI=1S/C17H22N4O2/c1-3-13-14(11(2)23-20-13)16(22)21-8-4-6-17(10-21)7-5-12-9-18-19-15(12)17/h9H,3-8,10H2,1-2H3,(H,18,19). The monoisotopic (exact) mass is 314 g/mol. The third-order valence-corrected chi connectivity index (χ3v) is 5.47. The van der Waals surface area contributed by atoms with Crippen molar-refractivity contribution in [1.29, 1.82) is 0 Å².